The Hall–Kier alpha value is -1.75. The monoisotopic (exact) mass is 235 g/mol. The smallest absolute Gasteiger partial charge is 0.257 e. The van der Waals surface area contributed by atoms with Crippen LogP contribution in [-0.4, -0.2) is 18.2 Å². The van der Waals surface area contributed by atoms with Gasteiger partial charge in [0.25, 0.3) is 5.91 Å². The predicted octanol–water partition coefficient (Wildman–Crippen LogP) is 1.43. The van der Waals surface area contributed by atoms with Gasteiger partial charge in [0.2, 0.25) is 0 Å². The summed E-state index contributed by atoms with van der Waals surface area (Å²) in [5.41, 5.74) is 7.50. The van der Waals surface area contributed by atoms with E-state index < -0.39 is 0 Å². The van der Waals surface area contributed by atoms with Crippen molar-refractivity contribution in [1.29, 1.82) is 0 Å². The highest BCUT2D eigenvalue weighted by Crippen LogP contribution is 2.26. The summed E-state index contributed by atoms with van der Waals surface area (Å²) >= 11 is 0. The maximum Gasteiger partial charge on any atom is 0.257 e. The van der Waals surface area contributed by atoms with Crippen LogP contribution in [0, 0.1) is 18.7 Å². The van der Waals surface area contributed by atoms with Crippen molar-refractivity contribution in [3.8, 4) is 0 Å². The largest absolute Gasteiger partial charge is 0.329 e. The maximum atomic E-state index is 13.0. The van der Waals surface area contributed by atoms with Gasteiger partial charge in [-0.05, 0) is 37.6 Å². The van der Waals surface area contributed by atoms with Crippen molar-refractivity contribution < 1.29 is 9.18 Å². The van der Waals surface area contributed by atoms with Gasteiger partial charge in [-0.25, -0.2) is 4.39 Å². The molecule has 1 heterocycles. The molecule has 0 aromatic heterocycles. The molecule has 17 heavy (non-hydrogen) atoms. The Morgan fingerprint density at radius 3 is 2.71 bits per heavy atom. The van der Waals surface area contributed by atoms with Gasteiger partial charge in [-0.2, -0.15) is 10.1 Å². The van der Waals surface area contributed by atoms with Crippen molar-refractivity contribution >= 4 is 17.3 Å². The fraction of sp³-hybridized carbons (Fsp3) is 0.333. The summed E-state index contributed by atoms with van der Waals surface area (Å²) in [6.45, 7) is 3.76. The average Bonchev–Trinajstić information content (AvgIpc) is 2.54. The molecule has 4 nitrogen and oxygen atoms in total. The third-order valence-electron chi connectivity index (χ3n) is 2.89. The van der Waals surface area contributed by atoms with E-state index in [2.05, 4.69) is 5.10 Å². The zero-order valence-corrected chi connectivity index (χ0v) is 9.77. The molecule has 0 saturated carbocycles. The van der Waals surface area contributed by atoms with Crippen LogP contribution in [0.2, 0.25) is 0 Å². The zero-order chi connectivity index (χ0) is 12.6. The Labute approximate surface area is 98.9 Å². The van der Waals surface area contributed by atoms with Crippen LogP contribution in [0.3, 0.4) is 0 Å². The van der Waals surface area contributed by atoms with E-state index in [1.807, 2.05) is 0 Å². The Kier molecular flexibility index (Phi) is 2.93. The van der Waals surface area contributed by atoms with Gasteiger partial charge < -0.3 is 5.73 Å². The molecule has 90 valence electrons. The molecule has 0 radical (unpaired) electrons. The highest BCUT2D eigenvalue weighted by atomic mass is 19.1. The minimum atomic E-state index is -0.362. The lowest BCUT2D eigenvalue weighted by Crippen LogP contribution is -2.32. The van der Waals surface area contributed by atoms with Crippen LogP contribution in [0.4, 0.5) is 10.1 Å². The number of aryl methyl sites for hydroxylation is 1. The topological polar surface area (TPSA) is 58.7 Å². The van der Waals surface area contributed by atoms with E-state index in [1.165, 1.54) is 17.1 Å². The van der Waals surface area contributed by atoms with Gasteiger partial charge in [-0.15, -0.1) is 0 Å². The minimum absolute atomic E-state index is 0.153. The van der Waals surface area contributed by atoms with Crippen LogP contribution in [-0.2, 0) is 4.79 Å². The molecule has 2 rings (SSSR count). The Morgan fingerprint density at radius 2 is 2.18 bits per heavy atom. The number of hydrazone groups is 1. The third-order valence-corrected chi connectivity index (χ3v) is 2.89. The van der Waals surface area contributed by atoms with Gasteiger partial charge in [0.05, 0.1) is 11.6 Å². The number of halogens is 1. The number of benzene rings is 1. The first-order valence-corrected chi connectivity index (χ1v) is 5.40. The summed E-state index contributed by atoms with van der Waals surface area (Å²) in [6.07, 6.45) is 0. The summed E-state index contributed by atoms with van der Waals surface area (Å²) in [5, 5.41) is 5.49. The van der Waals surface area contributed by atoms with Crippen LogP contribution in [0.1, 0.15) is 12.5 Å². The second kappa shape index (κ2) is 4.25. The summed E-state index contributed by atoms with van der Waals surface area (Å²) < 4.78 is 13.0. The quantitative estimate of drug-likeness (QED) is 0.843. The first kappa shape index (κ1) is 11.7. The first-order valence-electron chi connectivity index (χ1n) is 5.40. The summed E-state index contributed by atoms with van der Waals surface area (Å²) in [4.78, 5) is 12.0. The molecule has 2 N–H and O–H groups in total. The summed E-state index contributed by atoms with van der Waals surface area (Å²) in [6, 6.07) is 4.25. The molecule has 1 unspecified atom stereocenters. The van der Waals surface area contributed by atoms with Crippen LogP contribution in [0.25, 0.3) is 0 Å². The molecule has 1 amide bonds. The van der Waals surface area contributed by atoms with Crippen molar-refractivity contribution in [1.82, 2.24) is 0 Å². The van der Waals surface area contributed by atoms with E-state index in [9.17, 15) is 9.18 Å². The SMILES string of the molecule is CC1=NN(c2ccc(F)cc2C)C(=O)C1CN. The number of rotatable bonds is 2. The van der Waals surface area contributed by atoms with Crippen LogP contribution in [0.5, 0.6) is 0 Å². The van der Waals surface area contributed by atoms with Crippen molar-refractivity contribution in [2.24, 2.45) is 16.8 Å². The average molecular weight is 235 g/mol. The number of amides is 1. The second-order valence-electron chi connectivity index (χ2n) is 4.11. The van der Waals surface area contributed by atoms with Crippen LogP contribution in [0.15, 0.2) is 23.3 Å². The highest BCUT2D eigenvalue weighted by Gasteiger charge is 2.33. The fourth-order valence-corrected chi connectivity index (χ4v) is 1.90. The number of nitrogens with two attached hydrogens (primary N) is 1. The molecule has 1 atom stereocenters. The van der Waals surface area contributed by atoms with Crippen LogP contribution >= 0.6 is 0 Å². The van der Waals surface area contributed by atoms with Crippen molar-refractivity contribution in [3.05, 3.63) is 29.6 Å². The van der Waals surface area contributed by atoms with Gasteiger partial charge in [0, 0.05) is 12.3 Å². The van der Waals surface area contributed by atoms with E-state index >= 15 is 0 Å². The van der Waals surface area contributed by atoms with Gasteiger partial charge in [-0.3, -0.25) is 4.79 Å². The molecule has 1 aromatic carbocycles. The third kappa shape index (κ3) is 1.93. The molecule has 0 spiro atoms. The minimum Gasteiger partial charge on any atom is -0.329 e. The molecule has 0 aliphatic carbocycles. The first-order chi connectivity index (χ1) is 8.04. The Morgan fingerprint density at radius 1 is 1.47 bits per heavy atom. The van der Waals surface area contributed by atoms with Gasteiger partial charge in [-0.1, -0.05) is 0 Å². The van der Waals surface area contributed by atoms with Gasteiger partial charge in [0.15, 0.2) is 0 Å². The summed E-state index contributed by atoms with van der Waals surface area (Å²) in [5.74, 6) is -0.840. The molecular weight excluding hydrogens is 221 g/mol. The lowest BCUT2D eigenvalue weighted by molar-refractivity contribution is -0.119. The zero-order valence-electron chi connectivity index (χ0n) is 9.77. The number of carbonyl (C=O) groups excluding carboxylic acids is 1. The van der Waals surface area contributed by atoms with Gasteiger partial charge >= 0.3 is 0 Å². The van der Waals surface area contributed by atoms with Crippen molar-refractivity contribution in [3.63, 3.8) is 0 Å². The molecule has 1 aliphatic heterocycles. The standard InChI is InChI=1S/C12H14FN3O/c1-7-5-9(13)3-4-11(7)16-12(17)10(6-14)8(2)15-16/h3-5,10H,6,14H2,1-2H3. The molecule has 0 saturated heterocycles. The number of carbonyl (C=O) groups is 1. The van der Waals surface area contributed by atoms with Crippen LogP contribution < -0.4 is 10.7 Å². The van der Waals surface area contributed by atoms with E-state index in [4.69, 9.17) is 5.73 Å². The Bertz CT molecular complexity index is 499. The number of nitrogens with zero attached hydrogens (tertiary/aromatic N) is 2. The van der Waals surface area contributed by atoms with E-state index in [0.717, 1.165) is 0 Å². The van der Waals surface area contributed by atoms with E-state index in [-0.39, 0.29) is 24.2 Å². The van der Waals surface area contributed by atoms with E-state index in [0.29, 0.717) is 17.0 Å². The lowest BCUT2D eigenvalue weighted by Gasteiger charge is -2.15. The highest BCUT2D eigenvalue weighted by molar-refractivity contribution is 6.15. The molecule has 1 aliphatic rings. The molecule has 1 aromatic rings. The molecular formula is C12H14FN3O. The molecule has 5 heteroatoms. The van der Waals surface area contributed by atoms with Crippen molar-refractivity contribution in [2.75, 3.05) is 11.6 Å². The fourth-order valence-electron chi connectivity index (χ4n) is 1.90. The van der Waals surface area contributed by atoms with Crippen molar-refractivity contribution in [2.45, 2.75) is 13.8 Å². The maximum absolute atomic E-state index is 13.0. The number of hydrogen-bond acceptors (Lipinski definition) is 3. The molecule has 0 bridgehead atoms. The number of hydrogen-bond donors (Lipinski definition) is 1. The predicted molar refractivity (Wildman–Crippen MR) is 64.3 cm³/mol. The molecule has 0 fully saturated rings. The Balaban J connectivity index is 2.39. The second-order valence-corrected chi connectivity index (χ2v) is 4.11. The number of anilines is 1. The van der Waals surface area contributed by atoms with Gasteiger partial charge in [0.1, 0.15) is 5.82 Å². The summed E-state index contributed by atoms with van der Waals surface area (Å²) in [7, 11) is 0. The van der Waals surface area contributed by atoms with E-state index in [1.54, 1.807) is 19.9 Å². The lowest BCUT2D eigenvalue weighted by atomic mass is 10.1. The normalized spacial score (nSPS) is 19.8.